The number of aromatic nitrogens is 4. The quantitative estimate of drug-likeness (QED) is 0.140. The van der Waals surface area contributed by atoms with E-state index in [4.69, 9.17) is 5.73 Å². The number of carbonyl (C=O) groups is 5. The Labute approximate surface area is 257 Å². The molecule has 4 rings (SSSR count). The van der Waals surface area contributed by atoms with Crippen LogP contribution in [0.3, 0.4) is 0 Å². The second-order valence-electron chi connectivity index (χ2n) is 9.71. The van der Waals surface area contributed by atoms with Crippen molar-refractivity contribution in [2.24, 2.45) is 5.73 Å². The average molecular weight is 621 g/mol. The highest BCUT2D eigenvalue weighted by Gasteiger charge is 2.44. The molecule has 1 saturated heterocycles. The van der Waals surface area contributed by atoms with Crippen LogP contribution in [-0.4, -0.2) is 92.0 Å². The second-order valence-corrected chi connectivity index (χ2v) is 10.6. The van der Waals surface area contributed by atoms with E-state index in [-0.39, 0.29) is 37.3 Å². The number of hydrogen-bond donors (Lipinski definition) is 5. The molecule has 1 aliphatic rings. The summed E-state index contributed by atoms with van der Waals surface area (Å²) in [5.74, 6) is -2.46. The molecule has 6 amide bonds. The Morgan fingerprint density at radius 3 is 2.43 bits per heavy atom. The molecule has 3 heterocycles. The van der Waals surface area contributed by atoms with Crippen LogP contribution < -0.4 is 27.0 Å². The number of urea groups is 1. The van der Waals surface area contributed by atoms with Gasteiger partial charge < -0.3 is 31.9 Å². The normalized spacial score (nSPS) is 16.4. The van der Waals surface area contributed by atoms with E-state index in [1.165, 1.54) is 53.8 Å². The summed E-state index contributed by atoms with van der Waals surface area (Å²) in [5.41, 5.74) is 6.31. The third kappa shape index (κ3) is 8.47. The number of primary amides is 1. The van der Waals surface area contributed by atoms with Crippen LogP contribution in [-0.2, 0) is 9.59 Å². The average Bonchev–Trinajstić information content (AvgIpc) is 3.45. The molecule has 1 fully saturated rings. The predicted molar refractivity (Wildman–Crippen MR) is 160 cm³/mol. The topological polar surface area (TPSA) is 214 Å². The molecule has 3 aromatic rings. The zero-order chi connectivity index (χ0) is 31.5. The van der Waals surface area contributed by atoms with Gasteiger partial charge in [0.25, 0.3) is 11.8 Å². The zero-order valence-electron chi connectivity index (χ0n) is 23.8. The molecule has 0 bridgehead atoms. The second kappa shape index (κ2) is 15.4. The molecule has 15 nitrogen and oxygen atoms in total. The van der Waals surface area contributed by atoms with Crippen molar-refractivity contribution in [3.05, 3.63) is 72.8 Å². The number of carbonyl (C=O) groups excluding carboxylic acids is 5. The summed E-state index contributed by atoms with van der Waals surface area (Å²) in [5, 5.41) is 10.8. The van der Waals surface area contributed by atoms with E-state index in [0.29, 0.717) is 12.1 Å². The number of nitrogens with two attached hydrogens (primary N) is 1. The van der Waals surface area contributed by atoms with Gasteiger partial charge >= 0.3 is 6.03 Å². The van der Waals surface area contributed by atoms with Gasteiger partial charge in [-0.3, -0.25) is 29.1 Å². The summed E-state index contributed by atoms with van der Waals surface area (Å²) in [4.78, 5) is 82.4. The van der Waals surface area contributed by atoms with E-state index in [2.05, 4.69) is 41.2 Å². The monoisotopic (exact) mass is 620 g/mol. The molecule has 3 atom stereocenters. The van der Waals surface area contributed by atoms with Gasteiger partial charge in [-0.2, -0.15) is 0 Å². The molecule has 0 saturated carbocycles. The third-order valence-electron chi connectivity index (χ3n) is 6.76. The number of thioether (sulfide) groups is 1. The minimum absolute atomic E-state index is 0.0228. The number of rotatable bonds is 12. The summed E-state index contributed by atoms with van der Waals surface area (Å²) >= 11 is 1.52. The molecule has 6 N–H and O–H groups in total. The lowest BCUT2D eigenvalue weighted by Crippen LogP contribution is -2.58. The summed E-state index contributed by atoms with van der Waals surface area (Å²) < 4.78 is 0. The van der Waals surface area contributed by atoms with Gasteiger partial charge in [-0.25, -0.2) is 14.8 Å². The van der Waals surface area contributed by atoms with Crippen LogP contribution in [0.4, 0.5) is 10.5 Å². The third-order valence-corrected chi connectivity index (χ3v) is 7.49. The highest BCUT2D eigenvalue weighted by molar-refractivity contribution is 7.98. The smallest absolute Gasteiger partial charge is 0.319 e. The molecular weight excluding hydrogens is 588 g/mol. The maximum Gasteiger partial charge on any atom is 0.319 e. The number of likely N-dealkylation sites (tertiary alicyclic amines) is 1. The van der Waals surface area contributed by atoms with E-state index in [0.717, 1.165) is 4.90 Å². The van der Waals surface area contributed by atoms with E-state index in [1.54, 1.807) is 18.2 Å². The number of nitrogens with one attached hydrogen (secondary N) is 4. The van der Waals surface area contributed by atoms with Gasteiger partial charge in [-0.15, -0.1) is 11.8 Å². The fourth-order valence-electron chi connectivity index (χ4n) is 4.65. The lowest BCUT2D eigenvalue weighted by molar-refractivity contribution is -0.130. The molecule has 0 spiro atoms. The van der Waals surface area contributed by atoms with Crippen LogP contribution in [0.15, 0.2) is 66.3 Å². The molecule has 3 unspecified atom stereocenters. The largest absolute Gasteiger partial charge is 0.368 e. The van der Waals surface area contributed by atoms with Crippen molar-refractivity contribution in [1.29, 1.82) is 0 Å². The Morgan fingerprint density at radius 2 is 1.77 bits per heavy atom. The van der Waals surface area contributed by atoms with Crippen LogP contribution in [0.2, 0.25) is 0 Å². The van der Waals surface area contributed by atoms with Crippen molar-refractivity contribution in [1.82, 2.24) is 40.8 Å². The van der Waals surface area contributed by atoms with E-state index in [9.17, 15) is 24.0 Å². The Bertz CT molecular complexity index is 1480. The summed E-state index contributed by atoms with van der Waals surface area (Å²) in [6.07, 6.45) is 10.8. The van der Waals surface area contributed by atoms with Gasteiger partial charge in [0.1, 0.15) is 23.5 Å². The first-order valence-electron chi connectivity index (χ1n) is 13.7. The van der Waals surface area contributed by atoms with Crippen LogP contribution in [0.5, 0.6) is 0 Å². The Hall–Kier alpha value is -5.12. The van der Waals surface area contributed by atoms with Gasteiger partial charge in [0.15, 0.2) is 0 Å². The Balaban J connectivity index is 1.43. The maximum absolute atomic E-state index is 13.7. The van der Waals surface area contributed by atoms with Gasteiger partial charge in [0, 0.05) is 48.5 Å². The van der Waals surface area contributed by atoms with Gasteiger partial charge in [0.2, 0.25) is 11.8 Å². The molecular formula is C28H32N10O5S. The van der Waals surface area contributed by atoms with Crippen molar-refractivity contribution in [2.75, 3.05) is 24.7 Å². The fraction of sp³-hybridized carbons (Fsp3) is 0.321. The highest BCUT2D eigenvalue weighted by Crippen LogP contribution is 2.22. The van der Waals surface area contributed by atoms with Crippen LogP contribution in [0, 0.1) is 0 Å². The lowest BCUT2D eigenvalue weighted by atomic mass is 10.1. The van der Waals surface area contributed by atoms with E-state index >= 15 is 0 Å². The number of hydrogen-bond acceptors (Lipinski definition) is 10. The van der Waals surface area contributed by atoms with Crippen molar-refractivity contribution in [3.8, 4) is 0 Å². The Morgan fingerprint density at radius 1 is 1.05 bits per heavy atom. The molecule has 1 aliphatic heterocycles. The molecule has 230 valence electrons. The van der Waals surface area contributed by atoms with Crippen molar-refractivity contribution < 1.29 is 24.0 Å². The first-order chi connectivity index (χ1) is 21.3. The van der Waals surface area contributed by atoms with Crippen LogP contribution in [0.1, 0.15) is 40.2 Å². The van der Waals surface area contributed by atoms with Crippen molar-refractivity contribution in [3.63, 3.8) is 0 Å². The minimum atomic E-state index is -1.18. The predicted octanol–water partition coefficient (Wildman–Crippen LogP) is 0.574. The maximum atomic E-state index is 13.7. The lowest BCUT2D eigenvalue weighted by Gasteiger charge is -2.29. The number of benzene rings is 1. The van der Waals surface area contributed by atoms with Gasteiger partial charge in [-0.05, 0) is 43.7 Å². The van der Waals surface area contributed by atoms with Gasteiger partial charge in [0.05, 0.1) is 18.4 Å². The molecule has 2 aromatic heterocycles. The standard InChI is InChI=1S/C28H32N10O5S/c1-44-18-5-2-4-17(14-18)35-28(43)37-19-7-13-38(27(42)22-16-31-10-12-33-22)23(19)26(41)36-20(24(29)39)6-3-8-34-25(40)21-15-30-9-11-32-21/h2,4-5,9-12,14-16,19-20,23H,3,6-8,13H2,1H3,(H2,29,39)(H,34,40)(H,36,41)(H2,35,37,43). The van der Waals surface area contributed by atoms with Gasteiger partial charge in [-0.1, -0.05) is 6.07 Å². The van der Waals surface area contributed by atoms with E-state index < -0.39 is 47.8 Å². The highest BCUT2D eigenvalue weighted by atomic mass is 32.2. The van der Waals surface area contributed by atoms with Crippen molar-refractivity contribution >= 4 is 47.1 Å². The summed E-state index contributed by atoms with van der Waals surface area (Å²) in [6, 6.07) is 3.61. The zero-order valence-corrected chi connectivity index (χ0v) is 24.6. The fourth-order valence-corrected chi connectivity index (χ4v) is 5.11. The number of anilines is 1. The summed E-state index contributed by atoms with van der Waals surface area (Å²) in [7, 11) is 0. The SMILES string of the molecule is CSc1cccc(NC(=O)NC2CCN(C(=O)c3cnccn3)C2C(=O)NC(CCCNC(=O)c2cnccn2)C(N)=O)c1. The minimum Gasteiger partial charge on any atom is -0.368 e. The first-order valence-corrected chi connectivity index (χ1v) is 14.9. The number of amides is 6. The molecule has 44 heavy (non-hydrogen) atoms. The van der Waals surface area contributed by atoms with E-state index in [1.807, 2.05) is 12.3 Å². The first kappa shape index (κ1) is 31.8. The molecule has 0 aliphatic carbocycles. The van der Waals surface area contributed by atoms with Crippen LogP contribution in [0.25, 0.3) is 0 Å². The molecule has 0 radical (unpaired) electrons. The van der Waals surface area contributed by atoms with Crippen molar-refractivity contribution in [2.45, 2.75) is 42.3 Å². The van der Waals surface area contributed by atoms with Crippen LogP contribution >= 0.6 is 11.8 Å². The Kier molecular flexibility index (Phi) is 11.1. The molecule has 1 aromatic carbocycles. The molecule has 16 heteroatoms. The number of nitrogens with zero attached hydrogens (tertiary/aromatic N) is 5. The summed E-state index contributed by atoms with van der Waals surface area (Å²) in [6.45, 7) is 0.313.